The van der Waals surface area contributed by atoms with Crippen LogP contribution in [0.1, 0.15) is 39.5 Å². The second kappa shape index (κ2) is 6.89. The van der Waals surface area contributed by atoms with Gasteiger partial charge in [0, 0.05) is 6.42 Å². The maximum absolute atomic E-state index is 10.7. The monoisotopic (exact) mass is 170 g/mol. The van der Waals surface area contributed by atoms with Gasteiger partial charge in [-0.1, -0.05) is 26.8 Å². The molecule has 0 aromatic heterocycles. The van der Waals surface area contributed by atoms with Crippen LogP contribution in [0.2, 0.25) is 0 Å². The highest BCUT2D eigenvalue weighted by Crippen LogP contribution is 2.05. The van der Waals surface area contributed by atoms with Crippen molar-refractivity contribution in [1.82, 2.24) is 0 Å². The molecule has 0 saturated heterocycles. The number of esters is 1. The zero-order valence-electron chi connectivity index (χ0n) is 8.06. The van der Waals surface area contributed by atoms with E-state index in [0.717, 1.165) is 24.8 Å². The fourth-order valence-corrected chi connectivity index (χ4v) is 0.784. The summed E-state index contributed by atoms with van der Waals surface area (Å²) in [6.07, 6.45) is 3.69. The zero-order chi connectivity index (χ0) is 9.40. The van der Waals surface area contributed by atoms with Gasteiger partial charge in [0.15, 0.2) is 0 Å². The van der Waals surface area contributed by atoms with E-state index in [1.165, 1.54) is 0 Å². The number of ether oxygens (including phenoxy) is 1. The van der Waals surface area contributed by atoms with E-state index in [1.54, 1.807) is 6.92 Å². The van der Waals surface area contributed by atoms with Crippen LogP contribution in [0.25, 0.3) is 0 Å². The Hall–Kier alpha value is -0.790. The molecule has 0 rings (SSSR count). The second-order valence-electron chi connectivity index (χ2n) is 2.87. The Morgan fingerprint density at radius 3 is 2.58 bits per heavy atom. The molecule has 0 radical (unpaired) electrons. The molecule has 12 heavy (non-hydrogen) atoms. The summed E-state index contributed by atoms with van der Waals surface area (Å²) in [5.74, 6) is -0.146. The van der Waals surface area contributed by atoms with E-state index in [1.807, 2.05) is 0 Å². The molecule has 2 nitrogen and oxygen atoms in total. The fraction of sp³-hybridized carbons (Fsp3) is 0.700. The van der Waals surface area contributed by atoms with Gasteiger partial charge in [-0.05, 0) is 18.4 Å². The normalized spacial score (nSPS) is 9.50. The SMILES string of the molecule is C=C(CCCC)COC(=O)CC. The van der Waals surface area contributed by atoms with Crippen molar-refractivity contribution in [3.8, 4) is 0 Å². The van der Waals surface area contributed by atoms with Crippen LogP contribution in [0.15, 0.2) is 12.2 Å². The molecular formula is C10H18O2. The van der Waals surface area contributed by atoms with Crippen molar-refractivity contribution in [2.75, 3.05) is 6.61 Å². The van der Waals surface area contributed by atoms with Crippen LogP contribution in [-0.4, -0.2) is 12.6 Å². The Kier molecular flexibility index (Phi) is 6.44. The van der Waals surface area contributed by atoms with Crippen molar-refractivity contribution >= 4 is 5.97 Å². The lowest BCUT2D eigenvalue weighted by Crippen LogP contribution is -2.05. The smallest absolute Gasteiger partial charge is 0.305 e. The lowest BCUT2D eigenvalue weighted by atomic mass is 10.1. The summed E-state index contributed by atoms with van der Waals surface area (Å²) in [7, 11) is 0. The van der Waals surface area contributed by atoms with E-state index in [4.69, 9.17) is 4.74 Å². The molecule has 0 atom stereocenters. The molecule has 0 amide bonds. The molecular weight excluding hydrogens is 152 g/mol. The summed E-state index contributed by atoms with van der Waals surface area (Å²) in [5.41, 5.74) is 1.01. The summed E-state index contributed by atoms with van der Waals surface area (Å²) in [6.45, 7) is 8.14. The van der Waals surface area contributed by atoms with Gasteiger partial charge in [-0.15, -0.1) is 0 Å². The molecule has 0 heterocycles. The van der Waals surface area contributed by atoms with Crippen molar-refractivity contribution in [3.05, 3.63) is 12.2 Å². The van der Waals surface area contributed by atoms with E-state index < -0.39 is 0 Å². The molecule has 0 aliphatic heterocycles. The van der Waals surface area contributed by atoms with Gasteiger partial charge in [0.25, 0.3) is 0 Å². The standard InChI is InChI=1S/C10H18O2/c1-4-6-7-9(3)8-12-10(11)5-2/h3-8H2,1-2H3. The van der Waals surface area contributed by atoms with Crippen molar-refractivity contribution < 1.29 is 9.53 Å². The van der Waals surface area contributed by atoms with Crippen molar-refractivity contribution in [2.24, 2.45) is 0 Å². The summed E-state index contributed by atoms with van der Waals surface area (Å²) in [5, 5.41) is 0. The Labute approximate surface area is 74.6 Å². The molecule has 0 aliphatic carbocycles. The third-order valence-corrected chi connectivity index (χ3v) is 1.61. The third kappa shape index (κ3) is 5.96. The largest absolute Gasteiger partial charge is 0.461 e. The maximum atomic E-state index is 10.7. The average molecular weight is 170 g/mol. The van der Waals surface area contributed by atoms with Crippen molar-refractivity contribution in [3.63, 3.8) is 0 Å². The van der Waals surface area contributed by atoms with Crippen LogP contribution in [0, 0.1) is 0 Å². The number of hydrogen-bond acceptors (Lipinski definition) is 2. The van der Waals surface area contributed by atoms with E-state index in [2.05, 4.69) is 13.5 Å². The first kappa shape index (κ1) is 11.2. The molecule has 70 valence electrons. The molecule has 0 spiro atoms. The van der Waals surface area contributed by atoms with Gasteiger partial charge in [-0.2, -0.15) is 0 Å². The van der Waals surface area contributed by atoms with Crippen LogP contribution >= 0.6 is 0 Å². The van der Waals surface area contributed by atoms with Gasteiger partial charge < -0.3 is 4.74 Å². The van der Waals surface area contributed by atoms with Gasteiger partial charge in [-0.3, -0.25) is 4.79 Å². The Bertz CT molecular complexity index is 150. The lowest BCUT2D eigenvalue weighted by molar-refractivity contribution is -0.142. The number of carbonyl (C=O) groups is 1. The highest BCUT2D eigenvalue weighted by molar-refractivity contribution is 5.69. The Balaban J connectivity index is 3.37. The van der Waals surface area contributed by atoms with E-state index in [9.17, 15) is 4.79 Å². The second-order valence-corrected chi connectivity index (χ2v) is 2.87. The highest BCUT2D eigenvalue weighted by Gasteiger charge is 1.99. The van der Waals surface area contributed by atoms with Gasteiger partial charge >= 0.3 is 5.97 Å². The summed E-state index contributed by atoms with van der Waals surface area (Å²) < 4.78 is 4.91. The van der Waals surface area contributed by atoms with Gasteiger partial charge in [0.1, 0.15) is 6.61 Å². The maximum Gasteiger partial charge on any atom is 0.305 e. The van der Waals surface area contributed by atoms with Crippen LogP contribution in [0.4, 0.5) is 0 Å². The molecule has 0 N–H and O–H groups in total. The van der Waals surface area contributed by atoms with Gasteiger partial charge in [0.2, 0.25) is 0 Å². The number of hydrogen-bond donors (Lipinski definition) is 0. The zero-order valence-corrected chi connectivity index (χ0v) is 8.06. The first-order valence-electron chi connectivity index (χ1n) is 4.53. The topological polar surface area (TPSA) is 26.3 Å². The van der Waals surface area contributed by atoms with E-state index >= 15 is 0 Å². The minimum Gasteiger partial charge on any atom is -0.461 e. The van der Waals surface area contributed by atoms with E-state index in [-0.39, 0.29) is 5.97 Å². The number of rotatable bonds is 6. The fourth-order valence-electron chi connectivity index (χ4n) is 0.784. The minimum absolute atomic E-state index is 0.146. The predicted molar refractivity (Wildman–Crippen MR) is 49.9 cm³/mol. The molecule has 0 aliphatic rings. The summed E-state index contributed by atoms with van der Waals surface area (Å²) in [4.78, 5) is 10.7. The van der Waals surface area contributed by atoms with Gasteiger partial charge in [-0.25, -0.2) is 0 Å². The Morgan fingerprint density at radius 2 is 2.08 bits per heavy atom. The van der Waals surface area contributed by atoms with Crippen molar-refractivity contribution in [1.29, 1.82) is 0 Å². The number of unbranched alkanes of at least 4 members (excludes halogenated alkanes) is 1. The molecule has 0 aromatic rings. The van der Waals surface area contributed by atoms with E-state index in [0.29, 0.717) is 13.0 Å². The van der Waals surface area contributed by atoms with Crippen LogP contribution in [0.3, 0.4) is 0 Å². The summed E-state index contributed by atoms with van der Waals surface area (Å²) >= 11 is 0. The highest BCUT2D eigenvalue weighted by atomic mass is 16.5. The first-order valence-corrected chi connectivity index (χ1v) is 4.53. The van der Waals surface area contributed by atoms with Crippen molar-refractivity contribution in [2.45, 2.75) is 39.5 Å². The molecule has 0 saturated carbocycles. The van der Waals surface area contributed by atoms with Gasteiger partial charge in [0.05, 0.1) is 0 Å². The first-order chi connectivity index (χ1) is 5.70. The molecule has 0 fully saturated rings. The molecule has 2 heteroatoms. The third-order valence-electron chi connectivity index (χ3n) is 1.61. The quantitative estimate of drug-likeness (QED) is 0.452. The molecule has 0 aromatic carbocycles. The molecule has 0 unspecified atom stereocenters. The lowest BCUT2D eigenvalue weighted by Gasteiger charge is -2.05. The summed E-state index contributed by atoms with van der Waals surface area (Å²) in [6, 6.07) is 0. The Morgan fingerprint density at radius 1 is 1.42 bits per heavy atom. The molecule has 0 bridgehead atoms. The van der Waals surface area contributed by atoms with Crippen LogP contribution in [0.5, 0.6) is 0 Å². The van der Waals surface area contributed by atoms with Crippen LogP contribution < -0.4 is 0 Å². The average Bonchev–Trinajstić information content (AvgIpc) is 2.10. The minimum atomic E-state index is -0.146. The van der Waals surface area contributed by atoms with Crippen LogP contribution in [-0.2, 0) is 9.53 Å². The number of carbonyl (C=O) groups excluding carboxylic acids is 1. The predicted octanol–water partition coefficient (Wildman–Crippen LogP) is 2.69.